The Morgan fingerprint density at radius 2 is 2.18 bits per heavy atom. The quantitative estimate of drug-likeness (QED) is 0.778. The van der Waals surface area contributed by atoms with E-state index in [-0.39, 0.29) is 0 Å². The maximum Gasteiger partial charge on any atom is 0.332 e. The highest BCUT2D eigenvalue weighted by molar-refractivity contribution is 8.22. The summed E-state index contributed by atoms with van der Waals surface area (Å²) in [4.78, 5) is 0.775. The number of hydrogen-bond donors (Lipinski definition) is 0. The lowest BCUT2D eigenvalue weighted by atomic mass is 10.2. The van der Waals surface area contributed by atoms with Gasteiger partial charge in [0.2, 0.25) is 0 Å². The molecule has 3 nitrogen and oxygen atoms in total. The van der Waals surface area contributed by atoms with E-state index in [4.69, 9.17) is 32.1 Å². The maximum absolute atomic E-state index is 11.4. The predicted octanol–water partition coefficient (Wildman–Crippen LogP) is 3.61. The smallest absolute Gasteiger partial charge is 0.332 e. The van der Waals surface area contributed by atoms with E-state index in [1.54, 1.807) is 31.4 Å². The molecule has 1 aromatic rings. The summed E-state index contributed by atoms with van der Waals surface area (Å²) in [6.07, 6.45) is 1.63. The third-order valence-corrected chi connectivity index (χ3v) is 5.07. The molecule has 17 heavy (non-hydrogen) atoms. The van der Waals surface area contributed by atoms with Crippen molar-refractivity contribution in [2.45, 2.75) is 18.7 Å². The van der Waals surface area contributed by atoms with Crippen molar-refractivity contribution in [3.05, 3.63) is 23.8 Å². The van der Waals surface area contributed by atoms with Gasteiger partial charge in [0.25, 0.3) is 0 Å². The standard InChI is InChI=1S/C10H14ClO3PS2/c1-4-13-15(11,16)14-9-5-6-10(17(3)12)8(2)7-9/h5-7H,4H2,1-3H3. The lowest BCUT2D eigenvalue weighted by molar-refractivity contribution is 0.343. The van der Waals surface area contributed by atoms with Crippen LogP contribution in [0.1, 0.15) is 12.5 Å². The summed E-state index contributed by atoms with van der Waals surface area (Å²) < 4.78 is 22.0. The van der Waals surface area contributed by atoms with E-state index in [0.717, 1.165) is 10.5 Å². The Morgan fingerprint density at radius 1 is 1.53 bits per heavy atom. The fourth-order valence-corrected chi connectivity index (χ4v) is 3.91. The minimum absolute atomic E-state index is 0.414. The molecule has 0 heterocycles. The van der Waals surface area contributed by atoms with Gasteiger partial charge < -0.3 is 9.05 Å². The van der Waals surface area contributed by atoms with Crippen molar-refractivity contribution in [1.29, 1.82) is 0 Å². The van der Waals surface area contributed by atoms with E-state index in [1.807, 2.05) is 6.92 Å². The van der Waals surface area contributed by atoms with Crippen LogP contribution in [0.25, 0.3) is 0 Å². The first-order valence-electron chi connectivity index (χ1n) is 4.93. The summed E-state index contributed by atoms with van der Waals surface area (Å²) in [6, 6.07) is 5.21. The lowest BCUT2D eigenvalue weighted by Crippen LogP contribution is -1.95. The molecule has 0 saturated carbocycles. The zero-order valence-electron chi connectivity index (χ0n) is 9.81. The number of hydrogen-bond acceptors (Lipinski definition) is 4. The molecule has 0 bridgehead atoms. The highest BCUT2D eigenvalue weighted by Crippen LogP contribution is 2.53. The van der Waals surface area contributed by atoms with Crippen molar-refractivity contribution in [1.82, 2.24) is 0 Å². The van der Waals surface area contributed by atoms with Crippen molar-refractivity contribution in [3.8, 4) is 5.75 Å². The number of benzene rings is 1. The van der Waals surface area contributed by atoms with Gasteiger partial charge in [-0.3, -0.25) is 4.21 Å². The second-order valence-electron chi connectivity index (χ2n) is 3.32. The minimum atomic E-state index is -2.74. The average Bonchev–Trinajstić information content (AvgIpc) is 2.15. The summed E-state index contributed by atoms with van der Waals surface area (Å²) in [5.41, 5.74) is 0.881. The molecule has 0 aliphatic rings. The number of aryl methyl sites for hydroxylation is 1. The molecular formula is C10H14ClO3PS2. The molecule has 2 unspecified atom stereocenters. The molecule has 2 atom stereocenters. The van der Waals surface area contributed by atoms with E-state index in [2.05, 4.69) is 0 Å². The molecular weight excluding hydrogens is 299 g/mol. The summed E-state index contributed by atoms with van der Waals surface area (Å²) in [7, 11) is -1.01. The van der Waals surface area contributed by atoms with Crippen LogP contribution in [0, 0.1) is 6.92 Å². The summed E-state index contributed by atoms with van der Waals surface area (Å²) in [6.45, 7) is 4.08. The Balaban J connectivity index is 2.92. The van der Waals surface area contributed by atoms with Crippen molar-refractivity contribution in [2.75, 3.05) is 12.9 Å². The third-order valence-electron chi connectivity index (χ3n) is 1.95. The van der Waals surface area contributed by atoms with Crippen LogP contribution in [0.5, 0.6) is 5.75 Å². The molecule has 0 N–H and O–H groups in total. The normalized spacial score (nSPS) is 16.2. The Morgan fingerprint density at radius 3 is 2.65 bits per heavy atom. The highest BCUT2D eigenvalue weighted by Gasteiger charge is 2.16. The first-order chi connectivity index (χ1) is 7.85. The first kappa shape index (κ1) is 15.1. The fourth-order valence-electron chi connectivity index (χ4n) is 1.31. The van der Waals surface area contributed by atoms with Crippen LogP contribution in [-0.2, 0) is 27.1 Å². The monoisotopic (exact) mass is 312 g/mol. The van der Waals surface area contributed by atoms with Gasteiger partial charge in [-0.05, 0) is 60.7 Å². The summed E-state index contributed by atoms with van der Waals surface area (Å²) in [5, 5.41) is 0. The molecule has 0 spiro atoms. The Labute approximate surface area is 114 Å². The van der Waals surface area contributed by atoms with Crippen LogP contribution < -0.4 is 4.52 Å². The first-order valence-corrected chi connectivity index (χ1v) is 10.0. The average molecular weight is 313 g/mol. The van der Waals surface area contributed by atoms with Gasteiger partial charge in [0, 0.05) is 11.2 Å². The van der Waals surface area contributed by atoms with Crippen molar-refractivity contribution in [3.63, 3.8) is 0 Å². The largest absolute Gasteiger partial charge is 0.433 e. The van der Waals surface area contributed by atoms with Crippen LogP contribution >= 0.6 is 17.1 Å². The second kappa shape index (κ2) is 6.30. The molecule has 1 aromatic carbocycles. The van der Waals surface area contributed by atoms with Crippen molar-refractivity contribution < 1.29 is 13.3 Å². The SMILES string of the molecule is CCOP(=S)(Cl)Oc1ccc(S(C)=O)c(C)c1. The van der Waals surface area contributed by atoms with Gasteiger partial charge in [0.1, 0.15) is 5.75 Å². The highest BCUT2D eigenvalue weighted by atomic mass is 35.7. The summed E-state index contributed by atoms with van der Waals surface area (Å²) >= 11 is 11.0. The van der Waals surface area contributed by atoms with Crippen LogP contribution in [0.3, 0.4) is 0 Å². The predicted molar refractivity (Wildman–Crippen MR) is 75.9 cm³/mol. The second-order valence-corrected chi connectivity index (χ2v) is 9.35. The molecule has 0 amide bonds. The zero-order chi connectivity index (χ0) is 13.1. The van der Waals surface area contributed by atoms with E-state index < -0.39 is 16.6 Å². The van der Waals surface area contributed by atoms with Crippen LogP contribution in [0.15, 0.2) is 23.1 Å². The van der Waals surface area contributed by atoms with Gasteiger partial charge >= 0.3 is 5.84 Å². The summed E-state index contributed by atoms with van der Waals surface area (Å²) in [5.74, 6) is -2.20. The topological polar surface area (TPSA) is 35.5 Å². The third kappa shape index (κ3) is 4.68. The molecule has 96 valence electrons. The zero-order valence-corrected chi connectivity index (χ0v) is 13.1. The maximum atomic E-state index is 11.4. The van der Waals surface area contributed by atoms with Gasteiger partial charge in [-0.2, -0.15) is 0 Å². The lowest BCUT2D eigenvalue weighted by Gasteiger charge is -2.16. The molecule has 0 radical (unpaired) electrons. The van der Waals surface area contributed by atoms with E-state index >= 15 is 0 Å². The van der Waals surface area contributed by atoms with Crippen LogP contribution in [0.4, 0.5) is 0 Å². The minimum Gasteiger partial charge on any atom is -0.433 e. The van der Waals surface area contributed by atoms with Gasteiger partial charge in [-0.25, -0.2) is 0 Å². The van der Waals surface area contributed by atoms with Crippen LogP contribution in [-0.4, -0.2) is 17.1 Å². The van der Waals surface area contributed by atoms with Gasteiger partial charge in [-0.15, -0.1) is 0 Å². The Hall–Kier alpha value is 0.0700. The van der Waals surface area contributed by atoms with E-state index in [1.165, 1.54) is 0 Å². The van der Waals surface area contributed by atoms with E-state index in [0.29, 0.717) is 12.4 Å². The Bertz CT molecular complexity index is 479. The molecule has 0 aliphatic carbocycles. The van der Waals surface area contributed by atoms with Crippen LogP contribution in [0.2, 0.25) is 0 Å². The molecule has 0 fully saturated rings. The van der Waals surface area contributed by atoms with Crippen molar-refractivity contribution in [2.24, 2.45) is 0 Å². The van der Waals surface area contributed by atoms with Gasteiger partial charge in [0.05, 0.1) is 17.4 Å². The van der Waals surface area contributed by atoms with Gasteiger partial charge in [0.15, 0.2) is 0 Å². The van der Waals surface area contributed by atoms with Gasteiger partial charge in [-0.1, -0.05) is 0 Å². The molecule has 7 heteroatoms. The molecule has 1 rings (SSSR count). The fraction of sp³-hybridized carbons (Fsp3) is 0.400. The Kier molecular flexibility index (Phi) is 5.61. The molecule has 0 aliphatic heterocycles. The van der Waals surface area contributed by atoms with E-state index in [9.17, 15) is 4.21 Å². The molecule has 0 saturated heterocycles. The van der Waals surface area contributed by atoms with Crippen molar-refractivity contribution >= 4 is 39.7 Å². The number of rotatable bonds is 5. The molecule has 0 aromatic heterocycles. The number of halogens is 1.